The molecule has 0 aliphatic carbocycles. The molecule has 0 saturated carbocycles. The lowest BCUT2D eigenvalue weighted by molar-refractivity contribution is 0.0383. The summed E-state index contributed by atoms with van der Waals surface area (Å²) in [5, 5.41) is 6.12. The van der Waals surface area contributed by atoms with E-state index in [-0.39, 0.29) is 11.7 Å². The predicted molar refractivity (Wildman–Crippen MR) is 128 cm³/mol. The highest BCUT2D eigenvalue weighted by atomic mass is 19.1. The molecule has 1 saturated heterocycles. The second-order valence-corrected chi connectivity index (χ2v) is 8.33. The molecule has 34 heavy (non-hydrogen) atoms. The molecule has 3 aromatic rings. The Balaban J connectivity index is 1.22. The minimum Gasteiger partial charge on any atom is -0.379 e. The van der Waals surface area contributed by atoms with Crippen molar-refractivity contribution in [3.8, 4) is 0 Å². The van der Waals surface area contributed by atoms with Crippen molar-refractivity contribution in [2.75, 3.05) is 56.2 Å². The number of benzene rings is 2. The molecule has 0 radical (unpaired) electrons. The number of amides is 1. The van der Waals surface area contributed by atoms with E-state index in [1.807, 2.05) is 30.5 Å². The van der Waals surface area contributed by atoms with Crippen LogP contribution in [0.3, 0.4) is 0 Å². The van der Waals surface area contributed by atoms with E-state index < -0.39 is 0 Å². The van der Waals surface area contributed by atoms with Gasteiger partial charge in [0.05, 0.1) is 13.2 Å². The Morgan fingerprint density at radius 2 is 1.79 bits per heavy atom. The summed E-state index contributed by atoms with van der Waals surface area (Å²) in [6, 6.07) is 13.7. The van der Waals surface area contributed by atoms with Crippen LogP contribution < -0.4 is 15.5 Å². The van der Waals surface area contributed by atoms with E-state index in [4.69, 9.17) is 4.74 Å². The Hall–Kier alpha value is -3.56. The van der Waals surface area contributed by atoms with Crippen molar-refractivity contribution in [3.05, 3.63) is 71.7 Å². The van der Waals surface area contributed by atoms with Gasteiger partial charge in [0.15, 0.2) is 0 Å². The van der Waals surface area contributed by atoms with Crippen LogP contribution in [0.15, 0.2) is 54.7 Å². The molecule has 2 aliphatic rings. The zero-order valence-corrected chi connectivity index (χ0v) is 18.8. The summed E-state index contributed by atoms with van der Waals surface area (Å²) >= 11 is 0. The van der Waals surface area contributed by atoms with E-state index in [0.717, 1.165) is 68.6 Å². The van der Waals surface area contributed by atoms with Crippen molar-refractivity contribution in [1.82, 2.24) is 20.2 Å². The van der Waals surface area contributed by atoms with Gasteiger partial charge < -0.3 is 20.3 Å². The maximum atomic E-state index is 13.2. The number of fused-ring (bicyclic) bond motifs is 1. The fraction of sp³-hybridized carbons (Fsp3) is 0.320. The zero-order chi connectivity index (χ0) is 23.3. The molecule has 3 heterocycles. The van der Waals surface area contributed by atoms with Crippen LogP contribution in [0, 0.1) is 5.82 Å². The lowest BCUT2D eigenvalue weighted by Gasteiger charge is -2.26. The van der Waals surface area contributed by atoms with Crippen molar-refractivity contribution in [3.63, 3.8) is 0 Å². The summed E-state index contributed by atoms with van der Waals surface area (Å²) in [4.78, 5) is 26.0. The molecule has 2 aliphatic heterocycles. The third-order valence-corrected chi connectivity index (χ3v) is 6.06. The molecule has 1 fully saturated rings. The van der Waals surface area contributed by atoms with Gasteiger partial charge in [0.1, 0.15) is 11.6 Å². The van der Waals surface area contributed by atoms with Crippen LogP contribution in [0.5, 0.6) is 0 Å². The Morgan fingerprint density at radius 3 is 2.56 bits per heavy atom. The molecule has 0 atom stereocenters. The van der Waals surface area contributed by atoms with Gasteiger partial charge in [-0.15, -0.1) is 0 Å². The molecule has 0 bridgehead atoms. The van der Waals surface area contributed by atoms with Gasteiger partial charge in [0.2, 0.25) is 5.95 Å². The Morgan fingerprint density at radius 1 is 1.03 bits per heavy atom. The number of rotatable bonds is 7. The number of hydrogen-bond donors (Lipinski definition) is 2. The minimum atomic E-state index is -0.291. The number of halogens is 1. The van der Waals surface area contributed by atoms with E-state index in [1.165, 1.54) is 12.1 Å². The SMILES string of the molecule is O=C(NCCN1CCOCC1)c1ccc(N2CCc3cnc(Nc4ccc(F)cc4)nc32)cc1. The third kappa shape index (κ3) is 5.16. The fourth-order valence-corrected chi connectivity index (χ4v) is 4.17. The lowest BCUT2D eigenvalue weighted by atomic mass is 10.2. The third-order valence-electron chi connectivity index (χ3n) is 6.06. The van der Waals surface area contributed by atoms with Crippen LogP contribution in [-0.4, -0.2) is 66.7 Å². The lowest BCUT2D eigenvalue weighted by Crippen LogP contribution is -2.41. The van der Waals surface area contributed by atoms with Crippen molar-refractivity contribution < 1.29 is 13.9 Å². The summed E-state index contributed by atoms with van der Waals surface area (Å²) in [7, 11) is 0. The molecule has 5 rings (SSSR count). The molecule has 8 nitrogen and oxygen atoms in total. The van der Waals surface area contributed by atoms with Crippen LogP contribution in [0.1, 0.15) is 15.9 Å². The van der Waals surface area contributed by atoms with Gasteiger partial charge in [-0.3, -0.25) is 9.69 Å². The van der Waals surface area contributed by atoms with E-state index in [1.54, 1.807) is 12.1 Å². The minimum absolute atomic E-state index is 0.0743. The van der Waals surface area contributed by atoms with Gasteiger partial charge >= 0.3 is 0 Å². The summed E-state index contributed by atoms with van der Waals surface area (Å²) in [5.41, 5.74) is 3.38. The number of nitrogens with zero attached hydrogens (tertiary/aromatic N) is 4. The molecule has 2 N–H and O–H groups in total. The molecule has 0 unspecified atom stereocenters. The number of aromatic nitrogens is 2. The van der Waals surface area contributed by atoms with E-state index in [9.17, 15) is 9.18 Å². The first-order valence-electron chi connectivity index (χ1n) is 11.5. The summed E-state index contributed by atoms with van der Waals surface area (Å²) < 4.78 is 18.5. The quantitative estimate of drug-likeness (QED) is 0.558. The normalized spacial score (nSPS) is 15.7. The molecule has 176 valence electrons. The highest BCUT2D eigenvalue weighted by Gasteiger charge is 2.23. The topological polar surface area (TPSA) is 82.6 Å². The molecular formula is C25H27FN6O2. The van der Waals surface area contributed by atoms with E-state index >= 15 is 0 Å². The smallest absolute Gasteiger partial charge is 0.251 e. The van der Waals surface area contributed by atoms with Gasteiger partial charge in [-0.25, -0.2) is 9.37 Å². The summed E-state index contributed by atoms with van der Waals surface area (Å²) in [6.07, 6.45) is 2.67. The first-order chi connectivity index (χ1) is 16.7. The Labute approximate surface area is 197 Å². The van der Waals surface area contributed by atoms with Crippen LogP contribution >= 0.6 is 0 Å². The number of nitrogens with one attached hydrogen (secondary N) is 2. The molecular weight excluding hydrogens is 435 g/mol. The summed E-state index contributed by atoms with van der Waals surface area (Å²) in [6.45, 7) is 5.55. The molecule has 1 amide bonds. The van der Waals surface area contributed by atoms with Crippen molar-refractivity contribution in [2.45, 2.75) is 6.42 Å². The number of carbonyl (C=O) groups is 1. The predicted octanol–water partition coefficient (Wildman–Crippen LogP) is 3.12. The van der Waals surface area contributed by atoms with Gasteiger partial charge in [0.25, 0.3) is 5.91 Å². The number of anilines is 4. The Kier molecular flexibility index (Phi) is 6.64. The highest BCUT2D eigenvalue weighted by Crippen LogP contribution is 2.33. The monoisotopic (exact) mass is 462 g/mol. The second-order valence-electron chi connectivity index (χ2n) is 8.33. The van der Waals surface area contributed by atoms with Crippen LogP contribution in [0.25, 0.3) is 0 Å². The standard InChI is InChI=1S/C25H27FN6O2/c26-20-3-5-21(6-4-20)29-25-28-17-19-9-11-32(23(19)30-25)22-7-1-18(2-8-22)24(33)27-10-12-31-13-15-34-16-14-31/h1-8,17H,9-16H2,(H,27,33)(H,28,29,30). The van der Waals surface area contributed by atoms with Crippen LogP contribution in [-0.2, 0) is 11.2 Å². The molecule has 9 heteroatoms. The number of hydrogen-bond acceptors (Lipinski definition) is 7. The number of morpholine rings is 1. The maximum absolute atomic E-state index is 13.2. The van der Waals surface area contributed by atoms with Gasteiger partial charge in [-0.1, -0.05) is 0 Å². The molecule has 2 aromatic carbocycles. The number of carbonyl (C=O) groups excluding carboxylic acids is 1. The fourth-order valence-electron chi connectivity index (χ4n) is 4.17. The van der Waals surface area contributed by atoms with E-state index in [2.05, 4.69) is 30.4 Å². The largest absolute Gasteiger partial charge is 0.379 e. The van der Waals surface area contributed by atoms with E-state index in [0.29, 0.717) is 18.1 Å². The van der Waals surface area contributed by atoms with Crippen LogP contribution in [0.2, 0.25) is 0 Å². The van der Waals surface area contributed by atoms with Crippen molar-refractivity contribution in [1.29, 1.82) is 0 Å². The van der Waals surface area contributed by atoms with Crippen molar-refractivity contribution in [2.24, 2.45) is 0 Å². The average Bonchev–Trinajstić information content (AvgIpc) is 3.29. The average molecular weight is 463 g/mol. The molecule has 0 spiro atoms. The van der Waals surface area contributed by atoms with Gasteiger partial charge in [-0.05, 0) is 55.0 Å². The van der Waals surface area contributed by atoms with Crippen LogP contribution in [0.4, 0.5) is 27.5 Å². The second kappa shape index (κ2) is 10.1. The Bertz CT molecular complexity index is 1130. The molecule has 1 aromatic heterocycles. The highest BCUT2D eigenvalue weighted by molar-refractivity contribution is 5.94. The summed E-state index contributed by atoms with van der Waals surface area (Å²) in [5.74, 6) is 0.923. The zero-order valence-electron chi connectivity index (χ0n) is 18.8. The number of ether oxygens (including phenoxy) is 1. The van der Waals surface area contributed by atoms with Gasteiger partial charge in [-0.2, -0.15) is 4.98 Å². The first kappa shape index (κ1) is 22.2. The maximum Gasteiger partial charge on any atom is 0.251 e. The van der Waals surface area contributed by atoms with Crippen molar-refractivity contribution >= 4 is 29.0 Å². The first-order valence-corrected chi connectivity index (χ1v) is 11.5. The van der Waals surface area contributed by atoms with Gasteiger partial charge in [0, 0.05) is 61.4 Å².